The molecule has 0 unspecified atom stereocenters. The highest BCUT2D eigenvalue weighted by Gasteiger charge is 2.01. The zero-order valence-corrected chi connectivity index (χ0v) is 7.91. The lowest BCUT2D eigenvalue weighted by molar-refractivity contribution is 0.483. The maximum Gasteiger partial charge on any atom is 0.188 e. The van der Waals surface area contributed by atoms with Gasteiger partial charge in [0.2, 0.25) is 0 Å². The standard InChI is InChI=1S/C9H14N4/c1-7-4-3-5-8(12-7)6-13(2)9(10)11/h3-5H,6H2,1-2H3,(H3,10,11). The number of hydrogen-bond donors (Lipinski definition) is 2. The molecule has 0 saturated heterocycles. The van der Waals surface area contributed by atoms with Gasteiger partial charge in [0.1, 0.15) is 0 Å². The first kappa shape index (κ1) is 9.51. The summed E-state index contributed by atoms with van der Waals surface area (Å²) in [6, 6.07) is 5.81. The molecule has 4 nitrogen and oxygen atoms in total. The summed E-state index contributed by atoms with van der Waals surface area (Å²) in [5.41, 5.74) is 7.21. The third-order valence-corrected chi connectivity index (χ3v) is 1.76. The highest BCUT2D eigenvalue weighted by Crippen LogP contribution is 2.00. The molecule has 1 aromatic rings. The van der Waals surface area contributed by atoms with Gasteiger partial charge >= 0.3 is 0 Å². The number of hydrogen-bond acceptors (Lipinski definition) is 2. The van der Waals surface area contributed by atoms with Crippen molar-refractivity contribution in [1.29, 1.82) is 5.41 Å². The van der Waals surface area contributed by atoms with E-state index in [1.165, 1.54) is 0 Å². The lowest BCUT2D eigenvalue weighted by atomic mass is 10.3. The van der Waals surface area contributed by atoms with Crippen molar-refractivity contribution in [2.24, 2.45) is 5.73 Å². The van der Waals surface area contributed by atoms with E-state index in [4.69, 9.17) is 11.1 Å². The fraction of sp³-hybridized carbons (Fsp3) is 0.333. The fourth-order valence-electron chi connectivity index (χ4n) is 1.02. The first-order chi connectivity index (χ1) is 6.09. The summed E-state index contributed by atoms with van der Waals surface area (Å²) in [5, 5.41) is 7.18. The summed E-state index contributed by atoms with van der Waals surface area (Å²) in [7, 11) is 1.77. The molecule has 4 heteroatoms. The van der Waals surface area contributed by atoms with Gasteiger partial charge in [-0.25, -0.2) is 0 Å². The van der Waals surface area contributed by atoms with E-state index >= 15 is 0 Å². The Balaban J connectivity index is 2.69. The molecule has 0 bridgehead atoms. The molecule has 0 aliphatic rings. The van der Waals surface area contributed by atoms with Crippen molar-refractivity contribution in [2.45, 2.75) is 13.5 Å². The van der Waals surface area contributed by atoms with Gasteiger partial charge in [0.25, 0.3) is 0 Å². The van der Waals surface area contributed by atoms with Gasteiger partial charge in [-0.15, -0.1) is 0 Å². The molecule has 0 saturated carbocycles. The Kier molecular flexibility index (Phi) is 2.84. The van der Waals surface area contributed by atoms with Crippen LogP contribution in [0.25, 0.3) is 0 Å². The molecule has 0 spiro atoms. The Labute approximate surface area is 77.9 Å². The summed E-state index contributed by atoms with van der Waals surface area (Å²) < 4.78 is 0. The fourth-order valence-corrected chi connectivity index (χ4v) is 1.02. The van der Waals surface area contributed by atoms with E-state index in [1.807, 2.05) is 25.1 Å². The molecule has 0 atom stereocenters. The van der Waals surface area contributed by atoms with E-state index in [2.05, 4.69) is 4.98 Å². The predicted molar refractivity (Wildman–Crippen MR) is 52.4 cm³/mol. The lowest BCUT2D eigenvalue weighted by Gasteiger charge is -2.15. The molecule has 0 aliphatic carbocycles. The molecule has 0 aromatic carbocycles. The van der Waals surface area contributed by atoms with Crippen molar-refractivity contribution in [3.05, 3.63) is 29.6 Å². The first-order valence-corrected chi connectivity index (χ1v) is 4.07. The van der Waals surface area contributed by atoms with Gasteiger partial charge in [-0.05, 0) is 19.1 Å². The van der Waals surface area contributed by atoms with Crippen LogP contribution in [0.1, 0.15) is 11.4 Å². The van der Waals surface area contributed by atoms with Gasteiger partial charge in [0.15, 0.2) is 5.96 Å². The average Bonchev–Trinajstić information content (AvgIpc) is 2.04. The number of pyridine rings is 1. The third kappa shape index (κ3) is 2.74. The topological polar surface area (TPSA) is 66.0 Å². The van der Waals surface area contributed by atoms with E-state index in [1.54, 1.807) is 11.9 Å². The van der Waals surface area contributed by atoms with Gasteiger partial charge < -0.3 is 10.6 Å². The minimum Gasteiger partial charge on any atom is -0.370 e. The molecular formula is C9H14N4. The number of aryl methyl sites for hydroxylation is 1. The summed E-state index contributed by atoms with van der Waals surface area (Å²) in [6.45, 7) is 2.52. The van der Waals surface area contributed by atoms with Crippen LogP contribution < -0.4 is 5.73 Å². The van der Waals surface area contributed by atoms with Crippen LogP contribution in [0, 0.1) is 12.3 Å². The number of nitrogens with one attached hydrogen (secondary N) is 1. The Morgan fingerprint density at radius 3 is 2.85 bits per heavy atom. The molecule has 1 rings (SSSR count). The Morgan fingerprint density at radius 2 is 2.31 bits per heavy atom. The number of guanidine groups is 1. The van der Waals surface area contributed by atoms with Gasteiger partial charge in [0.05, 0.1) is 12.2 Å². The van der Waals surface area contributed by atoms with Crippen molar-refractivity contribution < 1.29 is 0 Å². The zero-order chi connectivity index (χ0) is 9.84. The van der Waals surface area contributed by atoms with Gasteiger partial charge in [-0.1, -0.05) is 6.07 Å². The maximum absolute atomic E-state index is 7.18. The van der Waals surface area contributed by atoms with Crippen molar-refractivity contribution in [3.8, 4) is 0 Å². The van der Waals surface area contributed by atoms with E-state index < -0.39 is 0 Å². The molecule has 1 heterocycles. The highest BCUT2D eigenvalue weighted by molar-refractivity contribution is 5.74. The quantitative estimate of drug-likeness (QED) is 0.518. The Morgan fingerprint density at radius 1 is 1.62 bits per heavy atom. The average molecular weight is 178 g/mol. The molecule has 3 N–H and O–H groups in total. The molecule has 0 fully saturated rings. The number of rotatable bonds is 2. The normalized spacial score (nSPS) is 9.69. The maximum atomic E-state index is 7.18. The monoisotopic (exact) mass is 178 g/mol. The smallest absolute Gasteiger partial charge is 0.188 e. The zero-order valence-electron chi connectivity index (χ0n) is 7.91. The largest absolute Gasteiger partial charge is 0.370 e. The molecule has 0 amide bonds. The van der Waals surface area contributed by atoms with E-state index in [0.29, 0.717) is 6.54 Å². The lowest BCUT2D eigenvalue weighted by Crippen LogP contribution is -2.32. The molecular weight excluding hydrogens is 164 g/mol. The minimum absolute atomic E-state index is 0.0586. The summed E-state index contributed by atoms with van der Waals surface area (Å²) in [4.78, 5) is 5.94. The van der Waals surface area contributed by atoms with E-state index in [9.17, 15) is 0 Å². The highest BCUT2D eigenvalue weighted by atomic mass is 15.2. The predicted octanol–water partition coefficient (Wildman–Crippen LogP) is 0.715. The summed E-state index contributed by atoms with van der Waals surface area (Å²) in [5.74, 6) is 0.0586. The van der Waals surface area contributed by atoms with Crippen LogP contribution in [0.4, 0.5) is 0 Å². The summed E-state index contributed by atoms with van der Waals surface area (Å²) in [6.07, 6.45) is 0. The summed E-state index contributed by atoms with van der Waals surface area (Å²) >= 11 is 0. The van der Waals surface area contributed by atoms with Crippen molar-refractivity contribution >= 4 is 5.96 Å². The SMILES string of the molecule is Cc1cccc(CN(C)C(=N)N)n1. The van der Waals surface area contributed by atoms with Crippen LogP contribution >= 0.6 is 0 Å². The Bertz CT molecular complexity index is 308. The van der Waals surface area contributed by atoms with E-state index in [-0.39, 0.29) is 5.96 Å². The molecule has 13 heavy (non-hydrogen) atoms. The number of aromatic nitrogens is 1. The first-order valence-electron chi connectivity index (χ1n) is 4.07. The second kappa shape index (κ2) is 3.89. The van der Waals surface area contributed by atoms with Crippen LogP contribution in [0.15, 0.2) is 18.2 Å². The second-order valence-electron chi connectivity index (χ2n) is 3.01. The molecule has 1 aromatic heterocycles. The van der Waals surface area contributed by atoms with Gasteiger partial charge in [-0.2, -0.15) is 0 Å². The van der Waals surface area contributed by atoms with Crippen LogP contribution in [0.2, 0.25) is 0 Å². The van der Waals surface area contributed by atoms with Crippen LogP contribution in [-0.4, -0.2) is 22.9 Å². The van der Waals surface area contributed by atoms with Crippen molar-refractivity contribution in [3.63, 3.8) is 0 Å². The van der Waals surface area contributed by atoms with Crippen LogP contribution in [0.3, 0.4) is 0 Å². The van der Waals surface area contributed by atoms with Crippen molar-refractivity contribution in [1.82, 2.24) is 9.88 Å². The van der Waals surface area contributed by atoms with Gasteiger partial charge in [-0.3, -0.25) is 10.4 Å². The molecule has 0 radical (unpaired) electrons. The van der Waals surface area contributed by atoms with Gasteiger partial charge in [0, 0.05) is 12.7 Å². The third-order valence-electron chi connectivity index (χ3n) is 1.76. The molecule has 70 valence electrons. The van der Waals surface area contributed by atoms with E-state index in [0.717, 1.165) is 11.4 Å². The number of nitrogens with two attached hydrogens (primary N) is 1. The minimum atomic E-state index is 0.0586. The van der Waals surface area contributed by atoms with Crippen molar-refractivity contribution in [2.75, 3.05) is 7.05 Å². The number of nitrogens with zero attached hydrogens (tertiary/aromatic N) is 2. The van der Waals surface area contributed by atoms with Crippen LogP contribution in [0.5, 0.6) is 0 Å². The molecule has 0 aliphatic heterocycles. The second-order valence-corrected chi connectivity index (χ2v) is 3.01. The Hall–Kier alpha value is -1.58. The van der Waals surface area contributed by atoms with Crippen LogP contribution in [-0.2, 0) is 6.54 Å².